The first-order valence-corrected chi connectivity index (χ1v) is 7.10. The van der Waals surface area contributed by atoms with Crippen molar-refractivity contribution in [2.75, 3.05) is 31.7 Å². The summed E-state index contributed by atoms with van der Waals surface area (Å²) in [5.74, 6) is 1.30. The van der Waals surface area contributed by atoms with Gasteiger partial charge in [0, 0.05) is 5.69 Å². The van der Waals surface area contributed by atoms with Gasteiger partial charge in [0.15, 0.2) is 0 Å². The number of benzene rings is 1. The van der Waals surface area contributed by atoms with E-state index in [0.29, 0.717) is 12.5 Å². The van der Waals surface area contributed by atoms with Crippen LogP contribution >= 0.6 is 0 Å². The molecule has 2 aliphatic rings. The van der Waals surface area contributed by atoms with Crippen LogP contribution < -0.4 is 15.0 Å². The molecule has 0 aromatic heterocycles. The highest BCUT2D eigenvalue weighted by atomic mass is 16.6. The Kier molecular flexibility index (Phi) is 3.78. The van der Waals surface area contributed by atoms with Gasteiger partial charge in [-0.05, 0) is 56.1 Å². The number of amides is 1. The number of carbonyl (C=O) groups is 1. The number of nitrogens with one attached hydrogen (secondary N) is 1. The number of anilines is 1. The van der Waals surface area contributed by atoms with Gasteiger partial charge >= 0.3 is 6.09 Å². The second-order valence-corrected chi connectivity index (χ2v) is 5.30. The van der Waals surface area contributed by atoms with Gasteiger partial charge in [-0.3, -0.25) is 4.90 Å². The predicted octanol–water partition coefficient (Wildman–Crippen LogP) is 2.02. The third kappa shape index (κ3) is 2.45. The first-order valence-electron chi connectivity index (χ1n) is 7.10. The molecule has 20 heavy (non-hydrogen) atoms. The number of methoxy groups -OCH3 is 1. The van der Waals surface area contributed by atoms with Crippen molar-refractivity contribution in [3.63, 3.8) is 0 Å². The van der Waals surface area contributed by atoms with Crippen LogP contribution in [0.4, 0.5) is 10.5 Å². The van der Waals surface area contributed by atoms with Gasteiger partial charge in [-0.15, -0.1) is 0 Å². The fourth-order valence-electron chi connectivity index (χ4n) is 3.05. The summed E-state index contributed by atoms with van der Waals surface area (Å²) < 4.78 is 10.4. The fourth-order valence-corrected chi connectivity index (χ4v) is 3.05. The highest BCUT2D eigenvalue weighted by Gasteiger charge is 2.39. The third-order valence-electron chi connectivity index (χ3n) is 4.18. The van der Waals surface area contributed by atoms with Gasteiger partial charge < -0.3 is 14.8 Å². The minimum atomic E-state index is -0.237. The molecule has 2 aliphatic heterocycles. The SMILES string of the molecule is COc1ccc(N2C(=O)OCC2C2CCNCC2)cc1. The zero-order chi connectivity index (χ0) is 13.9. The van der Waals surface area contributed by atoms with Crippen molar-refractivity contribution in [2.24, 2.45) is 5.92 Å². The lowest BCUT2D eigenvalue weighted by Crippen LogP contribution is -2.43. The lowest BCUT2D eigenvalue weighted by molar-refractivity contribution is 0.174. The van der Waals surface area contributed by atoms with Crippen LogP contribution in [-0.4, -0.2) is 38.9 Å². The van der Waals surface area contributed by atoms with Crippen molar-refractivity contribution in [3.8, 4) is 5.75 Å². The standard InChI is InChI=1S/C15H20N2O3/c1-19-13-4-2-12(3-5-13)17-14(10-20-15(17)18)11-6-8-16-9-7-11/h2-5,11,14,16H,6-10H2,1H3. The molecule has 1 unspecified atom stereocenters. The molecule has 0 saturated carbocycles. The summed E-state index contributed by atoms with van der Waals surface area (Å²) in [6.07, 6.45) is 1.95. The Morgan fingerprint density at radius 1 is 1.25 bits per heavy atom. The molecule has 1 N–H and O–H groups in total. The van der Waals surface area contributed by atoms with Gasteiger partial charge in [-0.2, -0.15) is 0 Å². The average molecular weight is 276 g/mol. The fraction of sp³-hybridized carbons (Fsp3) is 0.533. The molecular weight excluding hydrogens is 256 g/mol. The minimum Gasteiger partial charge on any atom is -0.497 e. The average Bonchev–Trinajstić information content (AvgIpc) is 2.90. The Morgan fingerprint density at radius 2 is 1.95 bits per heavy atom. The topological polar surface area (TPSA) is 50.8 Å². The van der Waals surface area contributed by atoms with Crippen LogP contribution in [0.1, 0.15) is 12.8 Å². The maximum Gasteiger partial charge on any atom is 0.414 e. The van der Waals surface area contributed by atoms with Crippen LogP contribution in [-0.2, 0) is 4.74 Å². The normalized spacial score (nSPS) is 23.8. The molecule has 2 saturated heterocycles. The summed E-state index contributed by atoms with van der Waals surface area (Å²) in [5, 5.41) is 3.36. The number of nitrogens with zero attached hydrogens (tertiary/aromatic N) is 1. The van der Waals surface area contributed by atoms with Crippen LogP contribution in [0.5, 0.6) is 5.75 Å². The summed E-state index contributed by atoms with van der Waals surface area (Å²) in [4.78, 5) is 13.8. The summed E-state index contributed by atoms with van der Waals surface area (Å²) in [6.45, 7) is 2.53. The summed E-state index contributed by atoms with van der Waals surface area (Å²) >= 11 is 0. The molecule has 1 aromatic rings. The Morgan fingerprint density at radius 3 is 2.60 bits per heavy atom. The minimum absolute atomic E-state index is 0.151. The van der Waals surface area contributed by atoms with Crippen molar-refractivity contribution in [2.45, 2.75) is 18.9 Å². The molecular formula is C15H20N2O3. The maximum atomic E-state index is 12.0. The highest BCUT2D eigenvalue weighted by molar-refractivity contribution is 5.90. The number of rotatable bonds is 3. The molecule has 3 rings (SSSR count). The van der Waals surface area contributed by atoms with E-state index in [1.54, 1.807) is 12.0 Å². The maximum absolute atomic E-state index is 12.0. The zero-order valence-corrected chi connectivity index (χ0v) is 11.7. The van der Waals surface area contributed by atoms with Gasteiger partial charge in [0.25, 0.3) is 0 Å². The van der Waals surface area contributed by atoms with Gasteiger partial charge in [0.05, 0.1) is 13.2 Å². The third-order valence-corrected chi connectivity index (χ3v) is 4.18. The molecule has 0 bridgehead atoms. The Balaban J connectivity index is 1.81. The van der Waals surface area contributed by atoms with Crippen LogP contribution in [0.15, 0.2) is 24.3 Å². The monoisotopic (exact) mass is 276 g/mol. The number of ether oxygens (including phenoxy) is 2. The molecule has 1 aromatic carbocycles. The molecule has 1 atom stereocenters. The smallest absolute Gasteiger partial charge is 0.414 e. The lowest BCUT2D eigenvalue weighted by Gasteiger charge is -2.32. The molecule has 108 valence electrons. The Bertz CT molecular complexity index is 469. The summed E-state index contributed by atoms with van der Waals surface area (Å²) in [7, 11) is 1.64. The molecule has 5 heteroatoms. The molecule has 0 spiro atoms. The quantitative estimate of drug-likeness (QED) is 0.917. The van der Waals surface area contributed by atoms with E-state index >= 15 is 0 Å². The van der Waals surface area contributed by atoms with Gasteiger partial charge in [-0.25, -0.2) is 4.79 Å². The van der Waals surface area contributed by atoms with Crippen molar-refractivity contribution in [3.05, 3.63) is 24.3 Å². The van der Waals surface area contributed by atoms with E-state index < -0.39 is 0 Å². The number of cyclic esters (lactones) is 1. The zero-order valence-electron chi connectivity index (χ0n) is 11.7. The Hall–Kier alpha value is -1.75. The van der Waals surface area contributed by atoms with E-state index in [4.69, 9.17) is 9.47 Å². The molecule has 5 nitrogen and oxygen atoms in total. The van der Waals surface area contributed by atoms with Crippen molar-refractivity contribution >= 4 is 11.8 Å². The van der Waals surface area contributed by atoms with Crippen LogP contribution in [0.2, 0.25) is 0 Å². The molecule has 2 heterocycles. The van der Waals surface area contributed by atoms with E-state index in [-0.39, 0.29) is 12.1 Å². The number of hydrogen-bond donors (Lipinski definition) is 1. The van der Waals surface area contributed by atoms with E-state index in [9.17, 15) is 4.79 Å². The van der Waals surface area contributed by atoms with Gasteiger partial charge in [0.2, 0.25) is 0 Å². The number of hydrogen-bond acceptors (Lipinski definition) is 4. The number of piperidine rings is 1. The predicted molar refractivity (Wildman–Crippen MR) is 76.2 cm³/mol. The molecule has 1 amide bonds. The first-order chi connectivity index (χ1) is 9.79. The summed E-state index contributed by atoms with van der Waals surface area (Å²) in [6, 6.07) is 7.73. The van der Waals surface area contributed by atoms with Crippen molar-refractivity contribution < 1.29 is 14.3 Å². The van der Waals surface area contributed by atoms with Crippen LogP contribution in [0, 0.1) is 5.92 Å². The van der Waals surface area contributed by atoms with E-state index in [1.807, 2.05) is 24.3 Å². The number of carbonyl (C=O) groups excluding carboxylic acids is 1. The van der Waals surface area contributed by atoms with Crippen molar-refractivity contribution in [1.29, 1.82) is 0 Å². The molecule has 2 fully saturated rings. The first kappa shape index (κ1) is 13.2. The van der Waals surface area contributed by atoms with E-state index in [2.05, 4.69) is 5.32 Å². The second kappa shape index (κ2) is 5.71. The molecule has 0 radical (unpaired) electrons. The summed E-state index contributed by atoms with van der Waals surface area (Å²) in [5.41, 5.74) is 0.886. The highest BCUT2D eigenvalue weighted by Crippen LogP contribution is 2.31. The van der Waals surface area contributed by atoms with Gasteiger partial charge in [0.1, 0.15) is 12.4 Å². The largest absolute Gasteiger partial charge is 0.497 e. The molecule has 0 aliphatic carbocycles. The van der Waals surface area contributed by atoms with Crippen molar-refractivity contribution in [1.82, 2.24) is 5.32 Å². The Labute approximate surface area is 118 Å². The lowest BCUT2D eigenvalue weighted by atomic mass is 9.90. The second-order valence-electron chi connectivity index (χ2n) is 5.30. The van der Waals surface area contributed by atoms with Crippen LogP contribution in [0.3, 0.4) is 0 Å². The van der Waals surface area contributed by atoms with Crippen LogP contribution in [0.25, 0.3) is 0 Å². The van der Waals surface area contributed by atoms with E-state index in [0.717, 1.165) is 37.4 Å². The van der Waals surface area contributed by atoms with E-state index in [1.165, 1.54) is 0 Å². The van der Waals surface area contributed by atoms with Gasteiger partial charge in [-0.1, -0.05) is 0 Å².